The molecule has 4 heteroatoms. The van der Waals surface area contributed by atoms with Gasteiger partial charge in [0, 0.05) is 4.88 Å². The lowest BCUT2D eigenvalue weighted by Crippen LogP contribution is -2.41. The van der Waals surface area contributed by atoms with Crippen molar-refractivity contribution in [1.82, 2.24) is 0 Å². The summed E-state index contributed by atoms with van der Waals surface area (Å²) in [5.41, 5.74) is 0.709. The Morgan fingerprint density at radius 1 is 1.19 bits per heavy atom. The van der Waals surface area contributed by atoms with E-state index in [1.807, 2.05) is 0 Å². The van der Waals surface area contributed by atoms with E-state index in [-0.39, 0.29) is 18.3 Å². The van der Waals surface area contributed by atoms with Crippen LogP contribution in [-0.4, -0.2) is 18.3 Å². The lowest BCUT2D eigenvalue weighted by atomic mass is 9.79. The van der Waals surface area contributed by atoms with Gasteiger partial charge in [0.05, 0.1) is 11.2 Å². The van der Waals surface area contributed by atoms with Crippen LogP contribution in [0.2, 0.25) is 0 Å². The van der Waals surface area contributed by atoms with Crippen molar-refractivity contribution < 1.29 is 9.31 Å². The van der Waals surface area contributed by atoms with E-state index in [9.17, 15) is 0 Å². The van der Waals surface area contributed by atoms with Crippen LogP contribution in [-0.2, 0) is 15.7 Å². The topological polar surface area (TPSA) is 18.5 Å². The van der Waals surface area contributed by atoms with Crippen LogP contribution in [0.4, 0.5) is 0 Å². The van der Waals surface area contributed by atoms with Gasteiger partial charge in [-0.3, -0.25) is 0 Å². The number of hydrogen-bond acceptors (Lipinski definition) is 3. The van der Waals surface area contributed by atoms with E-state index in [0.717, 1.165) is 6.42 Å². The van der Waals surface area contributed by atoms with Crippen molar-refractivity contribution in [2.24, 2.45) is 0 Å². The normalized spacial score (nSPS) is 22.7. The molecule has 0 amide bonds. The van der Waals surface area contributed by atoms with Gasteiger partial charge in [0.2, 0.25) is 0 Å². The Kier molecular flexibility index (Phi) is 2.93. The number of aryl methyl sites for hydroxylation is 1. The molecule has 0 spiro atoms. The fourth-order valence-electron chi connectivity index (χ4n) is 1.82. The quantitative estimate of drug-likeness (QED) is 0.737. The van der Waals surface area contributed by atoms with E-state index in [4.69, 9.17) is 9.31 Å². The summed E-state index contributed by atoms with van der Waals surface area (Å²) in [6.07, 6.45) is 1.04. The summed E-state index contributed by atoms with van der Waals surface area (Å²) in [7, 11) is -0.203. The zero-order valence-electron chi connectivity index (χ0n) is 10.7. The molecule has 0 radical (unpaired) electrons. The van der Waals surface area contributed by atoms with Gasteiger partial charge in [-0.2, -0.15) is 0 Å². The molecule has 2 rings (SSSR count). The summed E-state index contributed by atoms with van der Waals surface area (Å²) in [4.78, 5) is 1.36. The highest BCUT2D eigenvalue weighted by molar-refractivity contribution is 7.11. The van der Waals surface area contributed by atoms with Crippen LogP contribution in [0.3, 0.4) is 0 Å². The maximum atomic E-state index is 6.04. The standard InChI is InChI=1S/C12H19BO2S/c1-6-10-9(7-8-16-10)13-14-11(2,3)12(4,5)15-13/h7-8H,6H2,1-5H3. The van der Waals surface area contributed by atoms with Crippen molar-refractivity contribution >= 4 is 23.9 Å². The molecule has 16 heavy (non-hydrogen) atoms. The number of thiophene rings is 1. The first-order chi connectivity index (χ1) is 7.37. The molecular weight excluding hydrogens is 219 g/mol. The molecule has 0 aliphatic carbocycles. The van der Waals surface area contributed by atoms with Crippen molar-refractivity contribution in [1.29, 1.82) is 0 Å². The van der Waals surface area contributed by atoms with Crippen molar-refractivity contribution in [3.8, 4) is 0 Å². The highest BCUT2D eigenvalue weighted by Gasteiger charge is 2.52. The summed E-state index contributed by atoms with van der Waals surface area (Å²) >= 11 is 1.78. The first-order valence-electron chi connectivity index (χ1n) is 5.79. The Balaban J connectivity index is 2.27. The SMILES string of the molecule is CCc1sccc1B1OC(C)(C)C(C)(C)O1. The summed E-state index contributed by atoms with van der Waals surface area (Å²) in [6.45, 7) is 10.5. The average molecular weight is 238 g/mol. The van der Waals surface area contributed by atoms with Crippen molar-refractivity contribution in [3.63, 3.8) is 0 Å². The molecule has 88 valence electrons. The molecule has 1 saturated heterocycles. The molecule has 0 saturated carbocycles. The molecule has 2 heterocycles. The maximum Gasteiger partial charge on any atom is 0.495 e. The van der Waals surface area contributed by atoms with Crippen molar-refractivity contribution in [2.45, 2.75) is 52.2 Å². The lowest BCUT2D eigenvalue weighted by Gasteiger charge is -2.32. The highest BCUT2D eigenvalue weighted by Crippen LogP contribution is 2.36. The predicted octanol–water partition coefficient (Wildman–Crippen LogP) is 2.61. The van der Waals surface area contributed by atoms with E-state index in [1.165, 1.54) is 10.3 Å². The van der Waals surface area contributed by atoms with Crippen LogP contribution in [0.25, 0.3) is 0 Å². The van der Waals surface area contributed by atoms with Gasteiger partial charge in [-0.1, -0.05) is 13.0 Å². The van der Waals surface area contributed by atoms with Crippen LogP contribution >= 0.6 is 11.3 Å². The van der Waals surface area contributed by atoms with Crippen LogP contribution < -0.4 is 5.46 Å². The Morgan fingerprint density at radius 3 is 2.25 bits per heavy atom. The van der Waals surface area contributed by atoms with E-state index in [0.29, 0.717) is 0 Å². The first-order valence-corrected chi connectivity index (χ1v) is 6.67. The molecule has 1 aromatic rings. The van der Waals surface area contributed by atoms with Crippen molar-refractivity contribution in [3.05, 3.63) is 16.3 Å². The highest BCUT2D eigenvalue weighted by atomic mass is 32.1. The number of hydrogen-bond donors (Lipinski definition) is 0. The van der Waals surface area contributed by atoms with Crippen LogP contribution in [0.5, 0.6) is 0 Å². The second-order valence-corrected chi connectivity index (χ2v) is 6.24. The summed E-state index contributed by atoms with van der Waals surface area (Å²) < 4.78 is 12.1. The van der Waals surface area contributed by atoms with E-state index < -0.39 is 0 Å². The summed E-state index contributed by atoms with van der Waals surface area (Å²) in [6, 6.07) is 2.12. The van der Waals surface area contributed by atoms with E-state index in [2.05, 4.69) is 46.1 Å². The molecule has 0 bridgehead atoms. The van der Waals surface area contributed by atoms with E-state index >= 15 is 0 Å². The molecule has 1 aliphatic rings. The van der Waals surface area contributed by atoms with E-state index in [1.54, 1.807) is 11.3 Å². The average Bonchev–Trinajstić information content (AvgIpc) is 2.69. The molecule has 1 aromatic heterocycles. The van der Waals surface area contributed by atoms with Crippen molar-refractivity contribution in [2.75, 3.05) is 0 Å². The Morgan fingerprint density at radius 2 is 1.75 bits per heavy atom. The molecular formula is C12H19BO2S. The minimum atomic E-state index is -0.245. The third-order valence-electron chi connectivity index (χ3n) is 3.61. The molecule has 0 atom stereocenters. The number of rotatable bonds is 2. The first kappa shape index (κ1) is 12.2. The minimum Gasteiger partial charge on any atom is -0.399 e. The smallest absolute Gasteiger partial charge is 0.399 e. The summed E-state index contributed by atoms with van der Waals surface area (Å²) in [5.74, 6) is 0. The Hall–Kier alpha value is -0.315. The lowest BCUT2D eigenvalue weighted by molar-refractivity contribution is 0.00578. The van der Waals surface area contributed by atoms with Gasteiger partial charge in [-0.25, -0.2) is 0 Å². The second-order valence-electron chi connectivity index (χ2n) is 5.24. The third-order valence-corrected chi connectivity index (χ3v) is 4.69. The Bertz CT molecular complexity index is 368. The summed E-state index contributed by atoms with van der Waals surface area (Å²) in [5, 5.41) is 2.11. The van der Waals surface area contributed by atoms with Gasteiger partial charge < -0.3 is 9.31 Å². The van der Waals surface area contributed by atoms with Gasteiger partial charge in [0.15, 0.2) is 0 Å². The zero-order chi connectivity index (χ0) is 12.0. The minimum absolute atomic E-state index is 0.203. The Labute approximate surface area is 102 Å². The van der Waals surface area contributed by atoms with Crippen LogP contribution in [0.15, 0.2) is 11.4 Å². The molecule has 0 unspecified atom stereocenters. The van der Waals surface area contributed by atoms with Gasteiger partial charge in [0.1, 0.15) is 0 Å². The third kappa shape index (κ3) is 1.83. The van der Waals surface area contributed by atoms with Gasteiger partial charge in [0.25, 0.3) is 0 Å². The maximum absolute atomic E-state index is 6.04. The zero-order valence-corrected chi connectivity index (χ0v) is 11.5. The molecule has 1 fully saturated rings. The van der Waals surface area contributed by atoms with Crippen LogP contribution in [0.1, 0.15) is 39.5 Å². The van der Waals surface area contributed by atoms with Gasteiger partial charge in [-0.15, -0.1) is 11.3 Å². The van der Waals surface area contributed by atoms with Crippen LogP contribution in [0, 0.1) is 0 Å². The predicted molar refractivity (Wildman–Crippen MR) is 69.4 cm³/mol. The molecule has 0 N–H and O–H groups in total. The fourth-order valence-corrected chi connectivity index (χ4v) is 2.66. The van der Waals surface area contributed by atoms with Gasteiger partial charge in [-0.05, 0) is 45.0 Å². The largest absolute Gasteiger partial charge is 0.495 e. The fraction of sp³-hybridized carbons (Fsp3) is 0.667. The van der Waals surface area contributed by atoms with Gasteiger partial charge >= 0.3 is 7.12 Å². The molecule has 1 aliphatic heterocycles. The second kappa shape index (κ2) is 3.86. The monoisotopic (exact) mass is 238 g/mol. The molecule has 0 aromatic carbocycles. The molecule has 2 nitrogen and oxygen atoms in total.